The van der Waals surface area contributed by atoms with Gasteiger partial charge < -0.3 is 10.1 Å². The van der Waals surface area contributed by atoms with Crippen LogP contribution in [0, 0.1) is 6.92 Å². The second-order valence-corrected chi connectivity index (χ2v) is 6.86. The van der Waals surface area contributed by atoms with Gasteiger partial charge in [0.05, 0.1) is 11.9 Å². The molecule has 2 aromatic rings. The van der Waals surface area contributed by atoms with Crippen molar-refractivity contribution >= 4 is 5.97 Å². The molecule has 1 N–H and O–H groups in total. The van der Waals surface area contributed by atoms with Crippen LogP contribution in [0.5, 0.6) is 0 Å². The third-order valence-electron chi connectivity index (χ3n) is 3.68. The highest BCUT2D eigenvalue weighted by Crippen LogP contribution is 2.15. The van der Waals surface area contributed by atoms with E-state index in [0.29, 0.717) is 12.1 Å². The molecule has 24 heavy (non-hydrogen) atoms. The number of esters is 1. The molecule has 0 amide bonds. The Morgan fingerprint density at radius 1 is 1.33 bits per heavy atom. The highest BCUT2D eigenvalue weighted by Gasteiger charge is 2.22. The molecule has 0 bridgehead atoms. The molecule has 2 rings (SSSR count). The Balaban J connectivity index is 1.94. The molecule has 130 valence electrons. The second kappa shape index (κ2) is 7.57. The molecule has 0 aliphatic heterocycles. The number of rotatable bonds is 6. The number of pyridine rings is 1. The van der Waals surface area contributed by atoms with Crippen LogP contribution in [-0.2, 0) is 24.8 Å². The van der Waals surface area contributed by atoms with Gasteiger partial charge in [-0.15, -0.1) is 0 Å². The third kappa shape index (κ3) is 4.89. The molecule has 2 heterocycles. The molecule has 0 aliphatic carbocycles. The van der Waals surface area contributed by atoms with Crippen LogP contribution in [-0.4, -0.2) is 32.9 Å². The SMILES string of the molecule is Cc1cnccc1CCNCc1c(C(=O)OC(C)(C)C)cnn1C. The predicted molar refractivity (Wildman–Crippen MR) is 92.8 cm³/mol. The summed E-state index contributed by atoms with van der Waals surface area (Å²) in [6.45, 7) is 9.01. The largest absolute Gasteiger partial charge is 0.456 e. The lowest BCUT2D eigenvalue weighted by atomic mass is 10.1. The Labute approximate surface area is 143 Å². The summed E-state index contributed by atoms with van der Waals surface area (Å²) in [5, 5.41) is 7.56. The van der Waals surface area contributed by atoms with Gasteiger partial charge in [-0.25, -0.2) is 4.79 Å². The number of nitrogens with zero attached hydrogens (tertiary/aromatic N) is 3. The van der Waals surface area contributed by atoms with Crippen molar-refractivity contribution < 1.29 is 9.53 Å². The molecule has 0 fully saturated rings. The molecule has 0 aliphatic rings. The Morgan fingerprint density at radius 2 is 2.08 bits per heavy atom. The number of carbonyl (C=O) groups is 1. The first-order chi connectivity index (χ1) is 11.3. The van der Waals surface area contributed by atoms with Gasteiger partial charge in [0.15, 0.2) is 0 Å². The van der Waals surface area contributed by atoms with Crippen LogP contribution in [0.25, 0.3) is 0 Å². The van der Waals surface area contributed by atoms with E-state index in [9.17, 15) is 4.79 Å². The fraction of sp³-hybridized carbons (Fsp3) is 0.500. The standard InChI is InChI=1S/C18H26N4O2/c1-13-10-19-8-6-14(13)7-9-20-12-16-15(11-21-22(16)5)17(23)24-18(2,3)4/h6,8,10-11,20H,7,9,12H2,1-5H3. The molecule has 0 spiro atoms. The zero-order valence-corrected chi connectivity index (χ0v) is 15.1. The first kappa shape index (κ1) is 18.1. The summed E-state index contributed by atoms with van der Waals surface area (Å²) in [5.74, 6) is -0.336. The normalized spacial score (nSPS) is 11.5. The van der Waals surface area contributed by atoms with Gasteiger partial charge in [-0.3, -0.25) is 9.67 Å². The minimum Gasteiger partial charge on any atom is -0.456 e. The van der Waals surface area contributed by atoms with Crippen molar-refractivity contribution in [3.05, 3.63) is 47.0 Å². The zero-order chi connectivity index (χ0) is 17.7. The zero-order valence-electron chi connectivity index (χ0n) is 15.1. The van der Waals surface area contributed by atoms with Crippen LogP contribution in [0.1, 0.15) is 48.0 Å². The number of carbonyl (C=O) groups excluding carboxylic acids is 1. The van der Waals surface area contributed by atoms with Crippen LogP contribution in [0.15, 0.2) is 24.7 Å². The number of aryl methyl sites for hydroxylation is 2. The van der Waals surface area contributed by atoms with Gasteiger partial charge in [0.25, 0.3) is 0 Å². The summed E-state index contributed by atoms with van der Waals surface area (Å²) in [4.78, 5) is 16.4. The fourth-order valence-electron chi connectivity index (χ4n) is 2.39. The molecule has 0 unspecified atom stereocenters. The second-order valence-electron chi connectivity index (χ2n) is 6.86. The topological polar surface area (TPSA) is 69.0 Å². The Bertz CT molecular complexity index is 701. The maximum absolute atomic E-state index is 12.3. The van der Waals surface area contributed by atoms with Gasteiger partial charge in [-0.05, 0) is 57.9 Å². The van der Waals surface area contributed by atoms with Crippen LogP contribution in [0.2, 0.25) is 0 Å². The van der Waals surface area contributed by atoms with Crippen molar-refractivity contribution in [2.75, 3.05) is 6.54 Å². The van der Waals surface area contributed by atoms with E-state index >= 15 is 0 Å². The van der Waals surface area contributed by atoms with Crippen molar-refractivity contribution in [2.24, 2.45) is 7.05 Å². The maximum atomic E-state index is 12.3. The van der Waals surface area contributed by atoms with Crippen molar-refractivity contribution in [1.29, 1.82) is 0 Å². The molecule has 6 nitrogen and oxygen atoms in total. The van der Waals surface area contributed by atoms with Crippen LogP contribution >= 0.6 is 0 Å². The minimum atomic E-state index is -0.517. The van der Waals surface area contributed by atoms with E-state index in [1.165, 1.54) is 11.1 Å². The average molecular weight is 330 g/mol. The molecule has 0 saturated heterocycles. The summed E-state index contributed by atoms with van der Waals surface area (Å²) in [5.41, 5.74) is 3.29. The average Bonchev–Trinajstić information content (AvgIpc) is 2.85. The van der Waals surface area contributed by atoms with Gasteiger partial charge in [-0.1, -0.05) is 0 Å². The minimum absolute atomic E-state index is 0.336. The van der Waals surface area contributed by atoms with Gasteiger partial charge >= 0.3 is 5.97 Å². The first-order valence-corrected chi connectivity index (χ1v) is 8.12. The summed E-state index contributed by atoms with van der Waals surface area (Å²) < 4.78 is 7.15. The number of hydrogen-bond donors (Lipinski definition) is 1. The van der Waals surface area contributed by atoms with E-state index in [0.717, 1.165) is 18.7 Å². The molecular weight excluding hydrogens is 304 g/mol. The summed E-state index contributed by atoms with van der Waals surface area (Å²) in [7, 11) is 1.83. The smallest absolute Gasteiger partial charge is 0.342 e. The third-order valence-corrected chi connectivity index (χ3v) is 3.68. The molecular formula is C18H26N4O2. The Morgan fingerprint density at radius 3 is 2.75 bits per heavy atom. The first-order valence-electron chi connectivity index (χ1n) is 8.12. The monoisotopic (exact) mass is 330 g/mol. The van der Waals surface area contributed by atoms with Crippen LogP contribution < -0.4 is 5.32 Å². The van der Waals surface area contributed by atoms with Gasteiger partial charge in [0.1, 0.15) is 11.2 Å². The van der Waals surface area contributed by atoms with Crippen molar-refractivity contribution in [3.8, 4) is 0 Å². The summed E-state index contributed by atoms with van der Waals surface area (Å²) in [6.07, 6.45) is 6.16. The molecule has 0 aromatic carbocycles. The molecule has 6 heteroatoms. The van der Waals surface area contributed by atoms with E-state index in [2.05, 4.69) is 22.3 Å². The highest BCUT2D eigenvalue weighted by molar-refractivity contribution is 5.90. The molecule has 0 saturated carbocycles. The fourth-order valence-corrected chi connectivity index (χ4v) is 2.39. The quantitative estimate of drug-likeness (QED) is 0.651. The maximum Gasteiger partial charge on any atom is 0.342 e. The van der Waals surface area contributed by atoms with Crippen LogP contribution in [0.3, 0.4) is 0 Å². The number of aromatic nitrogens is 3. The van der Waals surface area contributed by atoms with Crippen molar-refractivity contribution in [2.45, 2.75) is 46.3 Å². The Kier molecular flexibility index (Phi) is 5.72. The number of nitrogens with one attached hydrogen (secondary N) is 1. The number of ether oxygens (including phenoxy) is 1. The van der Waals surface area contributed by atoms with Gasteiger partial charge in [-0.2, -0.15) is 5.10 Å². The van der Waals surface area contributed by atoms with Crippen molar-refractivity contribution in [1.82, 2.24) is 20.1 Å². The van der Waals surface area contributed by atoms with E-state index in [4.69, 9.17) is 4.74 Å². The van der Waals surface area contributed by atoms with Gasteiger partial charge in [0.2, 0.25) is 0 Å². The summed E-state index contributed by atoms with van der Waals surface area (Å²) >= 11 is 0. The molecule has 0 atom stereocenters. The number of hydrogen-bond acceptors (Lipinski definition) is 5. The lowest BCUT2D eigenvalue weighted by Crippen LogP contribution is -2.26. The van der Waals surface area contributed by atoms with E-state index in [-0.39, 0.29) is 5.97 Å². The lowest BCUT2D eigenvalue weighted by molar-refractivity contribution is 0.00680. The van der Waals surface area contributed by atoms with E-state index < -0.39 is 5.60 Å². The lowest BCUT2D eigenvalue weighted by Gasteiger charge is -2.19. The molecule has 0 radical (unpaired) electrons. The van der Waals surface area contributed by atoms with E-state index in [1.807, 2.05) is 46.3 Å². The summed E-state index contributed by atoms with van der Waals surface area (Å²) in [6, 6.07) is 2.03. The van der Waals surface area contributed by atoms with Gasteiger partial charge in [0, 0.05) is 26.0 Å². The van der Waals surface area contributed by atoms with E-state index in [1.54, 1.807) is 10.9 Å². The molecule has 2 aromatic heterocycles. The van der Waals surface area contributed by atoms with Crippen molar-refractivity contribution in [3.63, 3.8) is 0 Å². The highest BCUT2D eigenvalue weighted by atomic mass is 16.6. The van der Waals surface area contributed by atoms with Crippen LogP contribution in [0.4, 0.5) is 0 Å². The Hall–Kier alpha value is -2.21. The predicted octanol–water partition coefficient (Wildman–Crippen LogP) is 2.41.